The first-order valence-electron chi connectivity index (χ1n) is 8.59. The average Bonchev–Trinajstić information content (AvgIpc) is 3.41. The molecule has 1 saturated carbocycles. The lowest BCUT2D eigenvalue weighted by molar-refractivity contribution is 0.0931. The van der Waals surface area contributed by atoms with Crippen molar-refractivity contribution in [2.24, 2.45) is 0 Å². The average molecular weight is 333 g/mol. The highest BCUT2D eigenvalue weighted by Crippen LogP contribution is 2.45. The fourth-order valence-corrected chi connectivity index (χ4v) is 2.96. The summed E-state index contributed by atoms with van der Waals surface area (Å²) in [6, 6.07) is 17.5. The van der Waals surface area contributed by atoms with Gasteiger partial charge in [0.25, 0.3) is 5.91 Å². The van der Waals surface area contributed by atoms with Gasteiger partial charge < -0.3 is 10.2 Å². The fraction of sp³-hybridized carbons (Fsp3) is 0.333. The first-order valence-corrected chi connectivity index (χ1v) is 8.59. The molecule has 0 radical (unpaired) electrons. The monoisotopic (exact) mass is 333 g/mol. The van der Waals surface area contributed by atoms with Crippen LogP contribution in [0.25, 0.3) is 0 Å². The molecule has 0 heterocycles. The number of hydrogen-bond acceptors (Lipinski definition) is 3. The van der Waals surface area contributed by atoms with Crippen molar-refractivity contribution in [3.8, 4) is 6.07 Å². The third-order valence-corrected chi connectivity index (χ3v) is 4.71. The molecule has 1 N–H and O–H groups in total. The molecular weight excluding hydrogens is 310 g/mol. The number of hydrogen-bond donors (Lipinski definition) is 1. The van der Waals surface area contributed by atoms with E-state index in [1.54, 1.807) is 6.07 Å². The minimum atomic E-state index is -0.312. The van der Waals surface area contributed by atoms with E-state index in [2.05, 4.69) is 30.4 Å². The van der Waals surface area contributed by atoms with Crippen LogP contribution in [0.1, 0.15) is 39.9 Å². The molecule has 0 aromatic heterocycles. The second-order valence-corrected chi connectivity index (χ2v) is 6.98. The van der Waals surface area contributed by atoms with Crippen LogP contribution in [0.2, 0.25) is 0 Å². The van der Waals surface area contributed by atoms with Crippen molar-refractivity contribution in [1.29, 1.82) is 5.26 Å². The largest absolute Gasteiger partial charge is 0.343 e. The van der Waals surface area contributed by atoms with Crippen molar-refractivity contribution >= 4 is 5.91 Å². The van der Waals surface area contributed by atoms with Crippen LogP contribution in [-0.4, -0.2) is 31.4 Å². The highest BCUT2D eigenvalue weighted by molar-refractivity contribution is 5.95. The van der Waals surface area contributed by atoms with Crippen LogP contribution in [0, 0.1) is 11.3 Å². The molecule has 0 atom stereocenters. The lowest BCUT2D eigenvalue weighted by Crippen LogP contribution is -2.34. The summed E-state index contributed by atoms with van der Waals surface area (Å²) in [5, 5.41) is 12.2. The van der Waals surface area contributed by atoms with Crippen LogP contribution < -0.4 is 5.32 Å². The van der Waals surface area contributed by atoms with Crippen LogP contribution in [0.5, 0.6) is 0 Å². The lowest BCUT2D eigenvalue weighted by atomic mass is 10.0. The first-order chi connectivity index (χ1) is 12.0. The van der Waals surface area contributed by atoms with Gasteiger partial charge in [-0.3, -0.25) is 4.79 Å². The van der Waals surface area contributed by atoms with Gasteiger partial charge in [0.1, 0.15) is 0 Å². The summed E-state index contributed by atoms with van der Waals surface area (Å²) in [4.78, 5) is 14.8. The Morgan fingerprint density at radius 2 is 1.92 bits per heavy atom. The van der Waals surface area contributed by atoms with Gasteiger partial charge in [0.2, 0.25) is 0 Å². The number of amides is 1. The molecule has 128 valence electrons. The normalized spacial score (nSPS) is 14.8. The van der Waals surface area contributed by atoms with Crippen molar-refractivity contribution in [2.75, 3.05) is 20.6 Å². The molecule has 2 aromatic carbocycles. The Bertz CT molecular complexity index is 799. The van der Waals surface area contributed by atoms with E-state index in [9.17, 15) is 4.79 Å². The van der Waals surface area contributed by atoms with Gasteiger partial charge in [-0.2, -0.15) is 5.26 Å². The molecule has 0 spiro atoms. The Hall–Kier alpha value is -2.64. The molecule has 25 heavy (non-hydrogen) atoms. The molecule has 0 bridgehead atoms. The summed E-state index contributed by atoms with van der Waals surface area (Å²) in [5.41, 5.74) is 3.24. The summed E-state index contributed by atoms with van der Waals surface area (Å²) in [5.74, 6) is -0.0565. The smallest absolute Gasteiger partial charge is 0.251 e. The third kappa shape index (κ3) is 4.07. The standard InChI is InChI=1S/C21H23N3O/c1-24(2)13-10-16-6-8-18(9-7-16)20(25)23-21(11-12-21)19-5-3-4-17(14-19)15-22/h3-9,14H,10-13H2,1-2H3,(H,23,25). The molecule has 1 aliphatic rings. The predicted octanol–water partition coefficient (Wildman–Crippen LogP) is 3.08. The molecule has 4 heteroatoms. The van der Waals surface area contributed by atoms with Crippen LogP contribution in [0.15, 0.2) is 48.5 Å². The number of benzene rings is 2. The molecule has 3 rings (SSSR count). The Morgan fingerprint density at radius 1 is 1.20 bits per heavy atom. The van der Waals surface area contributed by atoms with Gasteiger partial charge in [-0.25, -0.2) is 0 Å². The van der Waals surface area contributed by atoms with E-state index in [0.29, 0.717) is 11.1 Å². The van der Waals surface area contributed by atoms with Gasteiger partial charge in [-0.1, -0.05) is 24.3 Å². The topological polar surface area (TPSA) is 56.1 Å². The van der Waals surface area contributed by atoms with Crippen molar-refractivity contribution in [2.45, 2.75) is 24.8 Å². The van der Waals surface area contributed by atoms with Crippen molar-refractivity contribution in [3.63, 3.8) is 0 Å². The second-order valence-electron chi connectivity index (χ2n) is 6.98. The zero-order valence-corrected chi connectivity index (χ0v) is 14.7. The number of nitriles is 1. The number of carbonyl (C=O) groups excluding carboxylic acids is 1. The maximum atomic E-state index is 12.6. The van der Waals surface area contributed by atoms with Gasteiger partial charge >= 0.3 is 0 Å². The zero-order chi connectivity index (χ0) is 17.9. The summed E-state index contributed by atoms with van der Waals surface area (Å²) < 4.78 is 0. The van der Waals surface area contributed by atoms with E-state index in [4.69, 9.17) is 5.26 Å². The molecular formula is C21H23N3O. The van der Waals surface area contributed by atoms with Crippen molar-refractivity contribution < 1.29 is 4.79 Å². The van der Waals surface area contributed by atoms with Crippen molar-refractivity contribution in [3.05, 3.63) is 70.8 Å². The Kier molecular flexibility index (Phi) is 4.87. The Balaban J connectivity index is 1.68. The van der Waals surface area contributed by atoms with E-state index in [1.807, 2.05) is 42.5 Å². The Morgan fingerprint density at radius 3 is 2.52 bits per heavy atom. The predicted molar refractivity (Wildman–Crippen MR) is 98.2 cm³/mol. The van der Waals surface area contributed by atoms with Gasteiger partial charge in [0, 0.05) is 12.1 Å². The van der Waals surface area contributed by atoms with Gasteiger partial charge in [0.05, 0.1) is 17.2 Å². The number of likely N-dealkylation sites (N-methyl/N-ethyl adjacent to an activating group) is 1. The quantitative estimate of drug-likeness (QED) is 0.884. The van der Waals surface area contributed by atoms with E-state index in [1.165, 1.54) is 5.56 Å². The van der Waals surface area contributed by atoms with E-state index >= 15 is 0 Å². The van der Waals surface area contributed by atoms with Crippen LogP contribution in [0.3, 0.4) is 0 Å². The maximum Gasteiger partial charge on any atom is 0.251 e. The van der Waals surface area contributed by atoms with Gasteiger partial charge in [-0.05, 0) is 68.8 Å². The minimum absolute atomic E-state index is 0.0565. The highest BCUT2D eigenvalue weighted by atomic mass is 16.1. The number of nitrogens with one attached hydrogen (secondary N) is 1. The summed E-state index contributed by atoms with van der Waals surface area (Å²) in [6.07, 6.45) is 2.79. The van der Waals surface area contributed by atoms with Gasteiger partial charge in [0.15, 0.2) is 0 Å². The fourth-order valence-electron chi connectivity index (χ4n) is 2.96. The maximum absolute atomic E-state index is 12.6. The van der Waals surface area contributed by atoms with Gasteiger partial charge in [-0.15, -0.1) is 0 Å². The third-order valence-electron chi connectivity index (χ3n) is 4.71. The SMILES string of the molecule is CN(C)CCc1ccc(C(=O)NC2(c3cccc(C#N)c3)CC2)cc1. The molecule has 1 aliphatic carbocycles. The molecule has 4 nitrogen and oxygen atoms in total. The van der Waals surface area contributed by atoms with Crippen LogP contribution in [-0.2, 0) is 12.0 Å². The molecule has 0 unspecified atom stereocenters. The molecule has 1 fully saturated rings. The molecule has 2 aromatic rings. The number of rotatable bonds is 6. The minimum Gasteiger partial charge on any atom is -0.343 e. The molecule has 0 aliphatic heterocycles. The summed E-state index contributed by atoms with van der Waals surface area (Å²) in [7, 11) is 4.11. The summed E-state index contributed by atoms with van der Waals surface area (Å²) >= 11 is 0. The van der Waals surface area contributed by atoms with Crippen LogP contribution in [0.4, 0.5) is 0 Å². The second kappa shape index (κ2) is 7.08. The first kappa shape index (κ1) is 17.2. The highest BCUT2D eigenvalue weighted by Gasteiger charge is 2.45. The molecule has 0 saturated heterocycles. The Labute approximate surface area is 149 Å². The van der Waals surface area contributed by atoms with E-state index in [-0.39, 0.29) is 11.4 Å². The number of carbonyl (C=O) groups is 1. The van der Waals surface area contributed by atoms with E-state index in [0.717, 1.165) is 31.4 Å². The molecule has 1 amide bonds. The zero-order valence-electron chi connectivity index (χ0n) is 14.7. The van der Waals surface area contributed by atoms with Crippen LogP contribution >= 0.6 is 0 Å². The lowest BCUT2D eigenvalue weighted by Gasteiger charge is -2.18. The number of nitrogens with zero attached hydrogens (tertiary/aromatic N) is 2. The van der Waals surface area contributed by atoms with E-state index < -0.39 is 0 Å². The van der Waals surface area contributed by atoms with Crippen molar-refractivity contribution in [1.82, 2.24) is 10.2 Å². The summed E-state index contributed by atoms with van der Waals surface area (Å²) in [6.45, 7) is 0.990.